The van der Waals surface area contributed by atoms with E-state index < -0.39 is 0 Å². The van der Waals surface area contributed by atoms with E-state index in [-0.39, 0.29) is 0 Å². The Bertz CT molecular complexity index is 536. The van der Waals surface area contributed by atoms with Crippen LogP contribution in [0.3, 0.4) is 0 Å². The van der Waals surface area contributed by atoms with Crippen LogP contribution < -0.4 is 5.32 Å². The fourth-order valence-corrected chi connectivity index (χ4v) is 2.48. The minimum absolute atomic E-state index is 0.343. The lowest BCUT2D eigenvalue weighted by Gasteiger charge is -2.20. The fraction of sp³-hybridized carbons (Fsp3) is 0.333. The van der Waals surface area contributed by atoms with Crippen molar-refractivity contribution in [1.29, 1.82) is 0 Å². The van der Waals surface area contributed by atoms with Crippen molar-refractivity contribution in [2.75, 3.05) is 5.32 Å². The second-order valence-corrected chi connectivity index (χ2v) is 5.62. The fourth-order valence-electron chi connectivity index (χ4n) is 2.30. The van der Waals surface area contributed by atoms with Gasteiger partial charge in [0.15, 0.2) is 0 Å². The van der Waals surface area contributed by atoms with Crippen molar-refractivity contribution < 1.29 is 0 Å². The molecule has 0 aliphatic carbocycles. The Labute approximate surface area is 127 Å². The first kappa shape index (κ1) is 14.9. The Morgan fingerprint density at radius 3 is 2.50 bits per heavy atom. The molecule has 0 aliphatic heterocycles. The Morgan fingerprint density at radius 2 is 1.85 bits per heavy atom. The van der Waals surface area contributed by atoms with Crippen LogP contribution >= 0.6 is 11.6 Å². The number of rotatable bonds is 6. The molecule has 0 bridgehead atoms. The topological polar surface area (TPSA) is 12.0 Å². The van der Waals surface area contributed by atoms with Crippen LogP contribution in [0.5, 0.6) is 0 Å². The van der Waals surface area contributed by atoms with Crippen LogP contribution in [0.2, 0.25) is 5.02 Å². The highest BCUT2D eigenvalue weighted by molar-refractivity contribution is 6.31. The molecule has 2 rings (SSSR count). The van der Waals surface area contributed by atoms with Gasteiger partial charge >= 0.3 is 0 Å². The first-order valence-corrected chi connectivity index (χ1v) is 7.66. The second-order valence-electron chi connectivity index (χ2n) is 5.21. The van der Waals surface area contributed by atoms with Gasteiger partial charge in [0.2, 0.25) is 0 Å². The van der Waals surface area contributed by atoms with Crippen molar-refractivity contribution in [1.82, 2.24) is 0 Å². The molecule has 0 spiro atoms. The summed E-state index contributed by atoms with van der Waals surface area (Å²) < 4.78 is 0. The van der Waals surface area contributed by atoms with E-state index in [9.17, 15) is 0 Å². The van der Waals surface area contributed by atoms with Gasteiger partial charge in [0.05, 0.1) is 6.04 Å². The number of nitrogens with one attached hydrogen (secondary N) is 1. The molecule has 1 atom stereocenters. The highest BCUT2D eigenvalue weighted by Crippen LogP contribution is 2.27. The number of hydrogen-bond donors (Lipinski definition) is 1. The maximum Gasteiger partial charge on any atom is 0.0513 e. The van der Waals surface area contributed by atoms with E-state index in [4.69, 9.17) is 11.6 Å². The number of aryl methyl sites for hydroxylation is 1. The summed E-state index contributed by atoms with van der Waals surface area (Å²) in [5.74, 6) is 0. The zero-order chi connectivity index (χ0) is 14.4. The van der Waals surface area contributed by atoms with Crippen molar-refractivity contribution >= 4 is 17.3 Å². The van der Waals surface area contributed by atoms with Gasteiger partial charge in [0.25, 0.3) is 0 Å². The minimum Gasteiger partial charge on any atom is -0.378 e. The highest BCUT2D eigenvalue weighted by atomic mass is 35.5. The van der Waals surface area contributed by atoms with Crippen LogP contribution in [0.1, 0.15) is 43.4 Å². The molecule has 0 aromatic heterocycles. The second kappa shape index (κ2) is 7.35. The van der Waals surface area contributed by atoms with Crippen molar-refractivity contribution in [3.05, 3.63) is 64.7 Å². The lowest BCUT2D eigenvalue weighted by molar-refractivity contribution is 0.634. The molecule has 1 N–H and O–H groups in total. The summed E-state index contributed by atoms with van der Waals surface area (Å²) in [6.07, 6.45) is 3.55. The number of benzene rings is 2. The van der Waals surface area contributed by atoms with E-state index in [0.29, 0.717) is 6.04 Å². The van der Waals surface area contributed by atoms with E-state index in [0.717, 1.165) is 22.7 Å². The van der Waals surface area contributed by atoms with Gasteiger partial charge in [0, 0.05) is 10.7 Å². The van der Waals surface area contributed by atoms with Gasteiger partial charge in [-0.2, -0.15) is 0 Å². The Balaban J connectivity index is 2.17. The third-order valence-corrected chi connectivity index (χ3v) is 3.97. The van der Waals surface area contributed by atoms with Crippen LogP contribution in [0, 0.1) is 6.92 Å². The van der Waals surface area contributed by atoms with Gasteiger partial charge in [0.1, 0.15) is 0 Å². The van der Waals surface area contributed by atoms with E-state index in [1.54, 1.807) is 0 Å². The van der Waals surface area contributed by atoms with Gasteiger partial charge in [-0.3, -0.25) is 0 Å². The molecule has 0 amide bonds. The SMILES string of the molecule is CCCCC(Nc1ccc(C)c(Cl)c1)c1ccccc1. The summed E-state index contributed by atoms with van der Waals surface area (Å²) in [5.41, 5.74) is 3.53. The maximum absolute atomic E-state index is 6.21. The molecule has 0 fully saturated rings. The van der Waals surface area contributed by atoms with Crippen molar-refractivity contribution in [3.63, 3.8) is 0 Å². The molecule has 2 aromatic carbocycles. The average Bonchev–Trinajstić information content (AvgIpc) is 2.48. The van der Waals surface area contributed by atoms with Gasteiger partial charge < -0.3 is 5.32 Å². The van der Waals surface area contributed by atoms with Crippen LogP contribution in [-0.4, -0.2) is 0 Å². The molecule has 1 unspecified atom stereocenters. The smallest absolute Gasteiger partial charge is 0.0513 e. The van der Waals surface area contributed by atoms with Crippen molar-refractivity contribution in [2.24, 2.45) is 0 Å². The quantitative estimate of drug-likeness (QED) is 0.688. The van der Waals surface area contributed by atoms with Crippen LogP contribution in [-0.2, 0) is 0 Å². The Morgan fingerprint density at radius 1 is 1.10 bits per heavy atom. The minimum atomic E-state index is 0.343. The molecular weight excluding hydrogens is 266 g/mol. The molecule has 1 nitrogen and oxygen atoms in total. The zero-order valence-electron chi connectivity index (χ0n) is 12.2. The molecule has 0 aliphatic rings. The molecule has 2 aromatic rings. The van der Waals surface area contributed by atoms with Crippen LogP contribution in [0.25, 0.3) is 0 Å². The molecule has 0 saturated carbocycles. The molecule has 20 heavy (non-hydrogen) atoms. The monoisotopic (exact) mass is 287 g/mol. The normalized spacial score (nSPS) is 12.2. The van der Waals surface area contributed by atoms with Crippen LogP contribution in [0.4, 0.5) is 5.69 Å². The molecule has 106 valence electrons. The van der Waals surface area contributed by atoms with E-state index in [2.05, 4.69) is 54.7 Å². The molecule has 0 radical (unpaired) electrons. The van der Waals surface area contributed by atoms with E-state index >= 15 is 0 Å². The Hall–Kier alpha value is -1.47. The number of halogens is 1. The Kier molecular flexibility index (Phi) is 5.49. The molecule has 0 saturated heterocycles. The summed E-state index contributed by atoms with van der Waals surface area (Å²) in [4.78, 5) is 0. The third kappa shape index (κ3) is 4.01. The summed E-state index contributed by atoms with van der Waals surface area (Å²) in [5, 5.41) is 4.43. The van der Waals surface area contributed by atoms with Crippen molar-refractivity contribution in [3.8, 4) is 0 Å². The predicted octanol–water partition coefficient (Wildman–Crippen LogP) is 5.99. The van der Waals surface area contributed by atoms with Gasteiger partial charge in [-0.1, -0.05) is 67.8 Å². The summed E-state index contributed by atoms with van der Waals surface area (Å²) in [6, 6.07) is 17.1. The standard InChI is InChI=1S/C18H22ClN/c1-3-4-10-18(15-8-6-5-7-9-15)20-16-12-11-14(2)17(19)13-16/h5-9,11-13,18,20H,3-4,10H2,1-2H3. The first-order chi connectivity index (χ1) is 9.70. The summed E-state index contributed by atoms with van der Waals surface area (Å²) >= 11 is 6.21. The average molecular weight is 288 g/mol. The lowest BCUT2D eigenvalue weighted by atomic mass is 10.0. The molecule has 2 heteroatoms. The van der Waals surface area contributed by atoms with Crippen molar-refractivity contribution in [2.45, 2.75) is 39.2 Å². The highest BCUT2D eigenvalue weighted by Gasteiger charge is 2.11. The summed E-state index contributed by atoms with van der Waals surface area (Å²) in [7, 11) is 0. The first-order valence-electron chi connectivity index (χ1n) is 7.28. The van der Waals surface area contributed by atoms with Gasteiger partial charge in [-0.25, -0.2) is 0 Å². The van der Waals surface area contributed by atoms with E-state index in [1.807, 2.05) is 13.0 Å². The predicted molar refractivity (Wildman–Crippen MR) is 88.5 cm³/mol. The summed E-state index contributed by atoms with van der Waals surface area (Å²) in [6.45, 7) is 4.25. The number of hydrogen-bond acceptors (Lipinski definition) is 1. The van der Waals surface area contributed by atoms with Gasteiger partial charge in [-0.05, 0) is 36.6 Å². The zero-order valence-corrected chi connectivity index (χ0v) is 13.0. The van der Waals surface area contributed by atoms with E-state index in [1.165, 1.54) is 18.4 Å². The lowest BCUT2D eigenvalue weighted by Crippen LogP contribution is -2.10. The number of anilines is 1. The van der Waals surface area contributed by atoms with Gasteiger partial charge in [-0.15, -0.1) is 0 Å². The van der Waals surface area contributed by atoms with Crippen LogP contribution in [0.15, 0.2) is 48.5 Å². The molecule has 0 heterocycles. The largest absolute Gasteiger partial charge is 0.378 e. The third-order valence-electron chi connectivity index (χ3n) is 3.56. The number of unbranched alkanes of at least 4 members (excludes halogenated alkanes) is 1. The maximum atomic E-state index is 6.21. The molecular formula is C18H22ClN.